The molecule has 32 heavy (non-hydrogen) atoms. The average Bonchev–Trinajstić information content (AvgIpc) is 2.83. The maximum Gasteiger partial charge on any atom is 0.162 e. The fourth-order valence-corrected chi connectivity index (χ4v) is 3.60. The van der Waals surface area contributed by atoms with E-state index >= 15 is 0 Å². The Labute approximate surface area is 190 Å². The lowest BCUT2D eigenvalue weighted by molar-refractivity contribution is 0.355. The van der Waals surface area contributed by atoms with Crippen molar-refractivity contribution in [1.82, 2.24) is 9.97 Å². The van der Waals surface area contributed by atoms with Crippen molar-refractivity contribution >= 4 is 34.0 Å². The Bertz CT molecular complexity index is 1280. The highest BCUT2D eigenvalue weighted by atomic mass is 35.5. The molecule has 0 bridgehead atoms. The first-order chi connectivity index (χ1) is 15.6. The van der Waals surface area contributed by atoms with E-state index < -0.39 is 0 Å². The SMILES string of the molecule is COc1cc(OC)c(Nc2nc(-c3ccc(OC)c(OC)c3)nc3ccccc23)cc1Cl. The molecule has 0 aliphatic heterocycles. The van der Waals surface area contributed by atoms with Crippen LogP contribution < -0.4 is 24.3 Å². The van der Waals surface area contributed by atoms with Crippen LogP contribution in [0.25, 0.3) is 22.3 Å². The van der Waals surface area contributed by atoms with E-state index in [0.29, 0.717) is 45.4 Å². The van der Waals surface area contributed by atoms with Gasteiger partial charge in [-0.1, -0.05) is 23.7 Å². The van der Waals surface area contributed by atoms with E-state index in [9.17, 15) is 0 Å². The Balaban J connectivity index is 1.85. The fraction of sp³-hybridized carbons (Fsp3) is 0.167. The zero-order chi connectivity index (χ0) is 22.7. The first-order valence-corrected chi connectivity index (χ1v) is 10.1. The number of ether oxygens (including phenoxy) is 4. The van der Waals surface area contributed by atoms with E-state index in [1.54, 1.807) is 40.6 Å². The van der Waals surface area contributed by atoms with Gasteiger partial charge in [0.15, 0.2) is 17.3 Å². The molecule has 0 spiro atoms. The minimum atomic E-state index is 0.453. The van der Waals surface area contributed by atoms with Gasteiger partial charge in [-0.15, -0.1) is 0 Å². The van der Waals surface area contributed by atoms with Gasteiger partial charge in [0.2, 0.25) is 0 Å². The molecule has 1 N–H and O–H groups in total. The lowest BCUT2D eigenvalue weighted by atomic mass is 10.1. The predicted molar refractivity (Wildman–Crippen MR) is 126 cm³/mol. The highest BCUT2D eigenvalue weighted by molar-refractivity contribution is 6.32. The summed E-state index contributed by atoms with van der Waals surface area (Å²) >= 11 is 6.35. The molecule has 4 aromatic rings. The molecular formula is C24H22ClN3O4. The Hall–Kier alpha value is -3.71. The number of methoxy groups -OCH3 is 4. The number of anilines is 2. The largest absolute Gasteiger partial charge is 0.495 e. The van der Waals surface area contributed by atoms with Crippen LogP contribution in [0.5, 0.6) is 23.0 Å². The van der Waals surface area contributed by atoms with Crippen molar-refractivity contribution in [3.05, 3.63) is 59.6 Å². The van der Waals surface area contributed by atoms with Crippen molar-refractivity contribution in [2.45, 2.75) is 0 Å². The van der Waals surface area contributed by atoms with E-state index in [2.05, 4.69) is 5.32 Å². The Morgan fingerprint density at radius 3 is 2.16 bits per heavy atom. The van der Waals surface area contributed by atoms with Crippen molar-refractivity contribution in [3.8, 4) is 34.4 Å². The second-order valence-corrected chi connectivity index (χ2v) is 7.20. The Morgan fingerprint density at radius 1 is 0.719 bits per heavy atom. The molecule has 1 heterocycles. The van der Waals surface area contributed by atoms with Crippen LogP contribution in [0.15, 0.2) is 54.6 Å². The summed E-state index contributed by atoms with van der Waals surface area (Å²) in [6.07, 6.45) is 0. The molecule has 0 saturated carbocycles. The van der Waals surface area contributed by atoms with Gasteiger partial charge in [0.1, 0.15) is 17.3 Å². The first-order valence-electron chi connectivity index (χ1n) is 9.75. The van der Waals surface area contributed by atoms with Crippen LogP contribution in [0.4, 0.5) is 11.5 Å². The molecule has 3 aromatic carbocycles. The number of hydrogen-bond acceptors (Lipinski definition) is 7. The minimum absolute atomic E-state index is 0.453. The molecule has 0 aliphatic carbocycles. The first kappa shape index (κ1) is 21.5. The summed E-state index contributed by atoms with van der Waals surface area (Å²) in [7, 11) is 6.33. The number of fused-ring (bicyclic) bond motifs is 1. The Morgan fingerprint density at radius 2 is 1.44 bits per heavy atom. The average molecular weight is 452 g/mol. The number of rotatable bonds is 7. The molecule has 0 atom stereocenters. The van der Waals surface area contributed by atoms with E-state index in [1.807, 2.05) is 42.5 Å². The van der Waals surface area contributed by atoms with Gasteiger partial charge >= 0.3 is 0 Å². The maximum absolute atomic E-state index is 6.35. The van der Waals surface area contributed by atoms with Crippen LogP contribution in [0.1, 0.15) is 0 Å². The summed E-state index contributed by atoms with van der Waals surface area (Å²) in [5.74, 6) is 3.47. The molecule has 0 saturated heterocycles. The third-order valence-corrected chi connectivity index (χ3v) is 5.27. The van der Waals surface area contributed by atoms with Crippen LogP contribution in [-0.2, 0) is 0 Å². The van der Waals surface area contributed by atoms with Gasteiger partial charge in [-0.05, 0) is 36.4 Å². The zero-order valence-electron chi connectivity index (χ0n) is 18.1. The number of para-hydroxylation sites is 1. The molecular weight excluding hydrogens is 430 g/mol. The van der Waals surface area contributed by atoms with E-state index in [0.717, 1.165) is 16.5 Å². The van der Waals surface area contributed by atoms with Gasteiger partial charge in [0.25, 0.3) is 0 Å². The summed E-state index contributed by atoms with van der Waals surface area (Å²) < 4.78 is 21.6. The number of halogens is 1. The lowest BCUT2D eigenvalue weighted by Gasteiger charge is -2.16. The van der Waals surface area contributed by atoms with Crippen LogP contribution in [-0.4, -0.2) is 38.4 Å². The van der Waals surface area contributed by atoms with Gasteiger partial charge in [-0.25, -0.2) is 9.97 Å². The van der Waals surface area contributed by atoms with Gasteiger partial charge in [0, 0.05) is 17.0 Å². The van der Waals surface area contributed by atoms with Gasteiger partial charge in [-0.3, -0.25) is 0 Å². The monoisotopic (exact) mass is 451 g/mol. The second-order valence-electron chi connectivity index (χ2n) is 6.79. The molecule has 7 nitrogen and oxygen atoms in total. The molecule has 0 amide bonds. The zero-order valence-corrected chi connectivity index (χ0v) is 18.9. The highest BCUT2D eigenvalue weighted by Crippen LogP contribution is 2.39. The number of nitrogens with zero attached hydrogens (tertiary/aromatic N) is 2. The third-order valence-electron chi connectivity index (χ3n) is 4.97. The summed E-state index contributed by atoms with van der Waals surface area (Å²) in [5, 5.41) is 4.65. The summed E-state index contributed by atoms with van der Waals surface area (Å²) in [6.45, 7) is 0. The fourth-order valence-electron chi connectivity index (χ4n) is 3.36. The minimum Gasteiger partial charge on any atom is -0.495 e. The molecule has 0 radical (unpaired) electrons. The molecule has 164 valence electrons. The molecule has 8 heteroatoms. The van der Waals surface area contributed by atoms with Crippen LogP contribution in [0, 0.1) is 0 Å². The summed E-state index contributed by atoms with van der Waals surface area (Å²) in [4.78, 5) is 9.54. The number of benzene rings is 3. The van der Waals surface area contributed by atoms with Crippen molar-refractivity contribution in [1.29, 1.82) is 0 Å². The van der Waals surface area contributed by atoms with Gasteiger partial charge < -0.3 is 24.3 Å². The molecule has 1 aromatic heterocycles. The van der Waals surface area contributed by atoms with Crippen LogP contribution >= 0.6 is 11.6 Å². The van der Waals surface area contributed by atoms with Crippen LogP contribution in [0.3, 0.4) is 0 Å². The molecule has 0 fully saturated rings. The van der Waals surface area contributed by atoms with Crippen molar-refractivity contribution < 1.29 is 18.9 Å². The number of hydrogen-bond donors (Lipinski definition) is 1. The maximum atomic E-state index is 6.35. The third kappa shape index (κ3) is 4.07. The molecule has 4 rings (SSSR count). The second kappa shape index (κ2) is 9.20. The lowest BCUT2D eigenvalue weighted by Crippen LogP contribution is -2.02. The van der Waals surface area contributed by atoms with Crippen LogP contribution in [0.2, 0.25) is 5.02 Å². The van der Waals surface area contributed by atoms with Crippen molar-refractivity contribution in [2.24, 2.45) is 0 Å². The number of aromatic nitrogens is 2. The predicted octanol–water partition coefficient (Wildman–Crippen LogP) is 5.73. The van der Waals surface area contributed by atoms with E-state index in [1.165, 1.54) is 0 Å². The smallest absolute Gasteiger partial charge is 0.162 e. The Kier molecular flexibility index (Phi) is 6.18. The summed E-state index contributed by atoms with van der Waals surface area (Å²) in [5.41, 5.74) is 2.23. The standard InChI is InChI=1S/C24H22ClN3O4/c1-29-19-10-9-14(11-22(19)32-4)23-26-17-8-6-5-7-15(17)24(28-23)27-18-12-16(25)20(30-2)13-21(18)31-3/h5-13H,1-4H3,(H,26,27,28). The number of nitrogens with one attached hydrogen (secondary N) is 1. The summed E-state index contributed by atoms with van der Waals surface area (Å²) in [6, 6.07) is 16.8. The molecule has 0 unspecified atom stereocenters. The van der Waals surface area contributed by atoms with Gasteiger partial charge in [-0.2, -0.15) is 0 Å². The van der Waals surface area contributed by atoms with Crippen molar-refractivity contribution in [3.63, 3.8) is 0 Å². The van der Waals surface area contributed by atoms with Gasteiger partial charge in [0.05, 0.1) is 44.7 Å². The normalized spacial score (nSPS) is 10.7. The molecule has 0 aliphatic rings. The van der Waals surface area contributed by atoms with E-state index in [-0.39, 0.29) is 0 Å². The van der Waals surface area contributed by atoms with Crippen molar-refractivity contribution in [2.75, 3.05) is 33.8 Å². The quantitative estimate of drug-likeness (QED) is 0.384. The highest BCUT2D eigenvalue weighted by Gasteiger charge is 2.15. The van der Waals surface area contributed by atoms with E-state index in [4.69, 9.17) is 40.5 Å². The topological polar surface area (TPSA) is 74.7 Å².